The lowest BCUT2D eigenvalue weighted by atomic mass is 10.1. The molecule has 9 heteroatoms. The monoisotopic (exact) mass is 405 g/mol. The summed E-state index contributed by atoms with van der Waals surface area (Å²) >= 11 is 0. The predicted octanol–water partition coefficient (Wildman–Crippen LogP) is 2.44. The first-order valence-corrected chi connectivity index (χ1v) is 10.8. The van der Waals surface area contributed by atoms with Crippen LogP contribution in [0.15, 0.2) is 47.4 Å². The zero-order chi connectivity index (χ0) is 20.1. The van der Waals surface area contributed by atoms with Crippen LogP contribution in [0.5, 0.6) is 0 Å². The minimum atomic E-state index is -3.70. The first kappa shape index (κ1) is 20.2. The number of ether oxygens (including phenoxy) is 1. The van der Waals surface area contributed by atoms with Gasteiger partial charge in [0.2, 0.25) is 0 Å². The van der Waals surface area contributed by atoms with Crippen LogP contribution in [-0.2, 0) is 27.7 Å². The highest BCUT2D eigenvalue weighted by Crippen LogP contribution is 2.32. The smallest absolute Gasteiger partial charge is 0.310 e. The van der Waals surface area contributed by atoms with E-state index in [0.717, 1.165) is 50.2 Å². The molecule has 2 aromatic rings. The quantitative estimate of drug-likeness (QED) is 0.557. The second-order valence-corrected chi connectivity index (χ2v) is 8.73. The molecule has 0 atom stereocenters. The molecule has 150 valence electrons. The van der Waals surface area contributed by atoms with Gasteiger partial charge in [-0.15, -0.1) is 0 Å². The number of morpholine rings is 1. The van der Waals surface area contributed by atoms with E-state index in [-0.39, 0.29) is 10.6 Å². The van der Waals surface area contributed by atoms with E-state index in [1.165, 1.54) is 18.2 Å². The number of nitro groups is 1. The number of sulfone groups is 1. The maximum absolute atomic E-state index is 11.9. The van der Waals surface area contributed by atoms with Crippen molar-refractivity contribution in [1.29, 1.82) is 0 Å². The number of hydrogen-bond donors (Lipinski definition) is 1. The summed E-state index contributed by atoms with van der Waals surface area (Å²) in [6.07, 6.45) is 0.966. The molecule has 1 saturated heterocycles. The Morgan fingerprint density at radius 2 is 1.82 bits per heavy atom. The first-order valence-electron chi connectivity index (χ1n) is 8.94. The Bertz CT molecular complexity index is 956. The number of nitro benzene ring substituents is 1. The van der Waals surface area contributed by atoms with Crippen LogP contribution in [0.4, 0.5) is 11.4 Å². The lowest BCUT2D eigenvalue weighted by molar-refractivity contribution is -0.386. The van der Waals surface area contributed by atoms with Crippen LogP contribution in [-0.4, -0.2) is 50.8 Å². The standard InChI is InChI=1S/C19H23N3O5S/c1-28(25,26)18-7-3-6-17(19(18)22(23)24)20-13-15-4-2-5-16(12-15)14-21-8-10-27-11-9-21/h2-7,12,20H,8-11,13-14H2,1H3. The number of anilines is 1. The van der Waals surface area contributed by atoms with Crippen LogP contribution in [0.25, 0.3) is 0 Å². The average Bonchev–Trinajstić information content (AvgIpc) is 2.66. The van der Waals surface area contributed by atoms with Gasteiger partial charge < -0.3 is 10.1 Å². The fourth-order valence-electron chi connectivity index (χ4n) is 3.21. The Labute approximate surface area is 164 Å². The highest BCUT2D eigenvalue weighted by Gasteiger charge is 2.25. The normalized spacial score (nSPS) is 15.3. The van der Waals surface area contributed by atoms with Crippen molar-refractivity contribution < 1.29 is 18.1 Å². The van der Waals surface area contributed by atoms with Gasteiger partial charge >= 0.3 is 5.69 Å². The molecule has 1 aliphatic heterocycles. The van der Waals surface area contributed by atoms with E-state index < -0.39 is 20.4 Å². The summed E-state index contributed by atoms with van der Waals surface area (Å²) < 4.78 is 29.1. The Balaban J connectivity index is 1.75. The largest absolute Gasteiger partial charge is 0.379 e. The SMILES string of the molecule is CS(=O)(=O)c1cccc(NCc2cccc(CN3CCOCC3)c2)c1[N+](=O)[O-]. The summed E-state index contributed by atoms with van der Waals surface area (Å²) in [4.78, 5) is 12.8. The minimum Gasteiger partial charge on any atom is -0.379 e. The summed E-state index contributed by atoms with van der Waals surface area (Å²) in [5.41, 5.74) is 1.88. The molecule has 0 amide bonds. The zero-order valence-corrected chi connectivity index (χ0v) is 16.4. The van der Waals surface area contributed by atoms with Gasteiger partial charge in [-0.2, -0.15) is 0 Å². The maximum atomic E-state index is 11.9. The zero-order valence-electron chi connectivity index (χ0n) is 15.6. The van der Waals surface area contributed by atoms with Crippen LogP contribution in [0, 0.1) is 10.1 Å². The van der Waals surface area contributed by atoms with Crippen molar-refractivity contribution in [3.05, 3.63) is 63.7 Å². The van der Waals surface area contributed by atoms with E-state index in [1.807, 2.05) is 18.2 Å². The predicted molar refractivity (Wildman–Crippen MR) is 106 cm³/mol. The highest BCUT2D eigenvalue weighted by molar-refractivity contribution is 7.90. The second kappa shape index (κ2) is 8.68. The Morgan fingerprint density at radius 1 is 1.14 bits per heavy atom. The van der Waals surface area contributed by atoms with Crippen LogP contribution in [0.2, 0.25) is 0 Å². The van der Waals surface area contributed by atoms with E-state index in [4.69, 9.17) is 4.74 Å². The van der Waals surface area contributed by atoms with Crippen molar-refractivity contribution in [2.45, 2.75) is 18.0 Å². The van der Waals surface area contributed by atoms with E-state index >= 15 is 0 Å². The third-order valence-corrected chi connectivity index (χ3v) is 5.69. The summed E-state index contributed by atoms with van der Waals surface area (Å²) in [7, 11) is -3.70. The average molecular weight is 405 g/mol. The van der Waals surface area contributed by atoms with Gasteiger partial charge in [0, 0.05) is 32.4 Å². The summed E-state index contributed by atoms with van der Waals surface area (Å²) in [5, 5.41) is 14.5. The minimum absolute atomic E-state index is 0.187. The molecule has 2 aromatic carbocycles. The number of benzene rings is 2. The Hall–Kier alpha value is -2.49. The third-order valence-electron chi connectivity index (χ3n) is 4.57. The van der Waals surface area contributed by atoms with Gasteiger partial charge in [-0.1, -0.05) is 30.3 Å². The van der Waals surface area contributed by atoms with E-state index in [9.17, 15) is 18.5 Å². The van der Waals surface area contributed by atoms with Crippen molar-refractivity contribution in [2.75, 3.05) is 37.9 Å². The molecule has 8 nitrogen and oxygen atoms in total. The molecule has 0 aliphatic carbocycles. The van der Waals surface area contributed by atoms with Crippen LogP contribution in [0.3, 0.4) is 0 Å². The Kier molecular flexibility index (Phi) is 6.28. The number of nitrogens with one attached hydrogen (secondary N) is 1. The molecular weight excluding hydrogens is 382 g/mol. The van der Waals surface area contributed by atoms with Gasteiger partial charge in [0.05, 0.1) is 18.1 Å². The number of para-hydroxylation sites is 1. The summed E-state index contributed by atoms with van der Waals surface area (Å²) in [6, 6.07) is 12.3. The molecule has 1 heterocycles. The van der Waals surface area contributed by atoms with E-state index in [0.29, 0.717) is 6.54 Å². The molecule has 1 N–H and O–H groups in total. The van der Waals surface area contributed by atoms with E-state index in [2.05, 4.69) is 16.3 Å². The second-order valence-electron chi connectivity index (χ2n) is 6.74. The van der Waals surface area contributed by atoms with Crippen molar-refractivity contribution in [1.82, 2.24) is 4.90 Å². The van der Waals surface area contributed by atoms with Crippen molar-refractivity contribution in [3.8, 4) is 0 Å². The first-order chi connectivity index (χ1) is 13.3. The molecule has 0 radical (unpaired) electrons. The van der Waals surface area contributed by atoms with Gasteiger partial charge in [0.1, 0.15) is 10.6 Å². The molecule has 3 rings (SSSR count). The number of hydrogen-bond acceptors (Lipinski definition) is 7. The fourth-order valence-corrected chi connectivity index (χ4v) is 4.07. The molecule has 0 saturated carbocycles. The van der Waals surface area contributed by atoms with Crippen LogP contribution in [0.1, 0.15) is 11.1 Å². The molecule has 28 heavy (non-hydrogen) atoms. The third kappa shape index (κ3) is 5.06. The highest BCUT2D eigenvalue weighted by atomic mass is 32.2. The lowest BCUT2D eigenvalue weighted by Crippen LogP contribution is -2.35. The van der Waals surface area contributed by atoms with Crippen LogP contribution >= 0.6 is 0 Å². The molecule has 0 unspecified atom stereocenters. The van der Waals surface area contributed by atoms with Crippen LogP contribution < -0.4 is 5.32 Å². The van der Waals surface area contributed by atoms with Gasteiger partial charge in [-0.3, -0.25) is 15.0 Å². The summed E-state index contributed by atoms with van der Waals surface area (Å²) in [5.74, 6) is 0. The molecule has 1 aliphatic rings. The Morgan fingerprint density at radius 3 is 2.50 bits per heavy atom. The topological polar surface area (TPSA) is 102 Å². The lowest BCUT2D eigenvalue weighted by Gasteiger charge is -2.26. The molecule has 0 aromatic heterocycles. The van der Waals surface area contributed by atoms with Gasteiger partial charge in [0.25, 0.3) is 0 Å². The van der Waals surface area contributed by atoms with Gasteiger partial charge in [0.15, 0.2) is 9.84 Å². The molecule has 0 spiro atoms. The summed E-state index contributed by atoms with van der Waals surface area (Å²) in [6.45, 7) is 4.44. The molecule has 0 bridgehead atoms. The maximum Gasteiger partial charge on any atom is 0.310 e. The number of nitrogens with zero attached hydrogens (tertiary/aromatic N) is 2. The molecule has 1 fully saturated rings. The van der Waals surface area contributed by atoms with Crippen molar-refractivity contribution >= 4 is 21.2 Å². The van der Waals surface area contributed by atoms with Gasteiger partial charge in [-0.05, 0) is 23.3 Å². The van der Waals surface area contributed by atoms with Crippen molar-refractivity contribution in [3.63, 3.8) is 0 Å². The molecular formula is C19H23N3O5S. The van der Waals surface area contributed by atoms with Crippen molar-refractivity contribution in [2.24, 2.45) is 0 Å². The fraction of sp³-hybridized carbons (Fsp3) is 0.368. The van der Waals surface area contributed by atoms with Gasteiger partial charge in [-0.25, -0.2) is 8.42 Å². The van der Waals surface area contributed by atoms with E-state index in [1.54, 1.807) is 0 Å². The number of rotatable bonds is 7.